The third kappa shape index (κ3) is 3.06. The van der Waals surface area contributed by atoms with Crippen molar-refractivity contribution < 1.29 is 23.5 Å². The molecule has 0 atom stereocenters. The van der Waals surface area contributed by atoms with E-state index in [0.29, 0.717) is 0 Å². The van der Waals surface area contributed by atoms with Crippen molar-refractivity contribution in [2.24, 2.45) is 0 Å². The predicted octanol–water partition coefficient (Wildman–Crippen LogP) is 3.13. The molecular weight excluding hydrogens is 266 g/mol. The van der Waals surface area contributed by atoms with E-state index in [4.69, 9.17) is 0 Å². The first-order valence-corrected chi connectivity index (χ1v) is 5.78. The molecule has 0 amide bonds. The zero-order valence-corrected chi connectivity index (χ0v) is 10.3. The smallest absolute Gasteiger partial charge is 0.174 e. The summed E-state index contributed by atoms with van der Waals surface area (Å²) in [6.07, 6.45) is -0.525. The third-order valence-corrected chi connectivity index (χ3v) is 2.75. The van der Waals surface area contributed by atoms with Crippen molar-refractivity contribution >= 4 is 11.6 Å². The fourth-order valence-corrected chi connectivity index (χ4v) is 1.71. The van der Waals surface area contributed by atoms with Crippen LogP contribution in [-0.4, -0.2) is 16.7 Å². The Morgan fingerprint density at radius 3 is 2.15 bits per heavy atom. The van der Waals surface area contributed by atoms with Gasteiger partial charge in [-0.3, -0.25) is 9.59 Å². The van der Waals surface area contributed by atoms with Crippen molar-refractivity contribution in [3.8, 4) is 5.75 Å². The normalized spacial score (nSPS) is 10.3. The van der Waals surface area contributed by atoms with Crippen molar-refractivity contribution in [3.05, 3.63) is 65.2 Å². The average Bonchev–Trinajstić information content (AvgIpc) is 2.42. The van der Waals surface area contributed by atoms with Crippen LogP contribution in [0.2, 0.25) is 0 Å². The highest BCUT2D eigenvalue weighted by atomic mass is 19.1. The van der Waals surface area contributed by atoms with E-state index in [1.165, 1.54) is 12.1 Å². The second-order valence-corrected chi connectivity index (χ2v) is 4.19. The van der Waals surface area contributed by atoms with E-state index >= 15 is 0 Å². The number of rotatable bonds is 4. The van der Waals surface area contributed by atoms with E-state index < -0.39 is 29.6 Å². The highest BCUT2D eigenvalue weighted by Gasteiger charge is 2.17. The number of carbonyl (C=O) groups excluding carboxylic acids is 2. The standard InChI is InChI=1S/C15H10F2O3/c16-10-3-1-9(2-4-10)14(19)8-15(20)12-7-11(17)5-6-13(12)18/h1-7,18H,8H2. The maximum Gasteiger partial charge on any atom is 0.174 e. The molecule has 0 aliphatic carbocycles. The SMILES string of the molecule is O=C(CC(=O)c1cc(F)ccc1O)c1ccc(F)cc1. The zero-order valence-electron chi connectivity index (χ0n) is 10.3. The first kappa shape index (κ1) is 13.9. The Balaban J connectivity index is 2.17. The van der Waals surface area contributed by atoms with Crippen molar-refractivity contribution in [3.63, 3.8) is 0 Å². The quantitative estimate of drug-likeness (QED) is 0.689. The average molecular weight is 276 g/mol. The zero-order chi connectivity index (χ0) is 14.7. The molecule has 0 unspecified atom stereocenters. The molecule has 20 heavy (non-hydrogen) atoms. The molecular formula is C15H10F2O3. The molecule has 0 aromatic heterocycles. The van der Waals surface area contributed by atoms with Gasteiger partial charge >= 0.3 is 0 Å². The lowest BCUT2D eigenvalue weighted by Gasteiger charge is -2.04. The molecule has 0 heterocycles. The molecule has 0 aliphatic rings. The lowest BCUT2D eigenvalue weighted by molar-refractivity contribution is 0.0892. The molecule has 3 nitrogen and oxygen atoms in total. The van der Waals surface area contributed by atoms with Crippen LogP contribution in [0.25, 0.3) is 0 Å². The van der Waals surface area contributed by atoms with E-state index in [-0.39, 0.29) is 16.9 Å². The molecule has 0 saturated heterocycles. The first-order valence-electron chi connectivity index (χ1n) is 5.78. The molecule has 0 saturated carbocycles. The number of Topliss-reactive ketones (excluding diaryl/α,β-unsaturated/α-hetero) is 2. The molecule has 0 radical (unpaired) electrons. The van der Waals surface area contributed by atoms with Crippen LogP contribution in [0.3, 0.4) is 0 Å². The summed E-state index contributed by atoms with van der Waals surface area (Å²) in [7, 11) is 0. The van der Waals surface area contributed by atoms with Gasteiger partial charge in [0.05, 0.1) is 12.0 Å². The van der Waals surface area contributed by atoms with Gasteiger partial charge in [0.1, 0.15) is 17.4 Å². The second kappa shape index (κ2) is 5.61. The number of ketones is 2. The van der Waals surface area contributed by atoms with Crippen LogP contribution in [-0.2, 0) is 0 Å². The van der Waals surface area contributed by atoms with Crippen LogP contribution < -0.4 is 0 Å². The molecule has 0 spiro atoms. The van der Waals surface area contributed by atoms with Crippen LogP contribution >= 0.6 is 0 Å². The number of hydrogen-bond donors (Lipinski definition) is 1. The number of hydrogen-bond acceptors (Lipinski definition) is 3. The van der Waals surface area contributed by atoms with Gasteiger partial charge in [0.25, 0.3) is 0 Å². The highest BCUT2D eigenvalue weighted by molar-refractivity contribution is 6.14. The van der Waals surface area contributed by atoms with Gasteiger partial charge in [-0.05, 0) is 42.5 Å². The summed E-state index contributed by atoms with van der Waals surface area (Å²) in [5.41, 5.74) is -0.0731. The molecule has 1 N–H and O–H groups in total. The predicted molar refractivity (Wildman–Crippen MR) is 67.7 cm³/mol. The van der Waals surface area contributed by atoms with Crippen LogP contribution in [0, 0.1) is 11.6 Å². The van der Waals surface area contributed by atoms with Gasteiger partial charge in [0, 0.05) is 5.56 Å². The van der Waals surface area contributed by atoms with E-state index in [0.717, 1.165) is 30.3 Å². The molecule has 0 aliphatic heterocycles. The van der Waals surface area contributed by atoms with Gasteiger partial charge in [0.2, 0.25) is 0 Å². The first-order chi connectivity index (χ1) is 9.47. The maximum absolute atomic E-state index is 13.0. The van der Waals surface area contributed by atoms with Crippen LogP contribution in [0.5, 0.6) is 5.75 Å². The number of benzene rings is 2. The summed E-state index contributed by atoms with van der Waals surface area (Å²) in [4.78, 5) is 23.7. The number of aromatic hydroxyl groups is 1. The number of halogens is 2. The molecule has 5 heteroatoms. The molecule has 0 bridgehead atoms. The van der Waals surface area contributed by atoms with E-state index in [1.54, 1.807) is 0 Å². The second-order valence-electron chi connectivity index (χ2n) is 4.19. The lowest BCUT2D eigenvalue weighted by atomic mass is 10.0. The fourth-order valence-electron chi connectivity index (χ4n) is 1.71. The number of phenols is 1. The number of phenolic OH excluding ortho intramolecular Hbond substituents is 1. The van der Waals surface area contributed by atoms with Gasteiger partial charge in [-0.2, -0.15) is 0 Å². The largest absolute Gasteiger partial charge is 0.507 e. The molecule has 2 rings (SSSR count). The van der Waals surface area contributed by atoms with Gasteiger partial charge < -0.3 is 5.11 Å². The summed E-state index contributed by atoms with van der Waals surface area (Å²) >= 11 is 0. The minimum absolute atomic E-state index is 0.177. The Hall–Kier alpha value is -2.56. The van der Waals surface area contributed by atoms with Gasteiger partial charge in [0.15, 0.2) is 11.6 Å². The van der Waals surface area contributed by atoms with Crippen molar-refractivity contribution in [2.45, 2.75) is 6.42 Å². The molecule has 2 aromatic carbocycles. The minimum atomic E-state index is -0.698. The molecule has 102 valence electrons. The third-order valence-electron chi connectivity index (χ3n) is 2.75. The van der Waals surface area contributed by atoms with E-state index in [1.807, 2.05) is 0 Å². The van der Waals surface area contributed by atoms with E-state index in [9.17, 15) is 23.5 Å². The summed E-state index contributed by atoms with van der Waals surface area (Å²) in [5, 5.41) is 9.48. The van der Waals surface area contributed by atoms with Crippen LogP contribution in [0.1, 0.15) is 27.1 Å². The number of carbonyl (C=O) groups is 2. The Morgan fingerprint density at radius 1 is 0.900 bits per heavy atom. The summed E-state index contributed by atoms with van der Waals surface area (Å²) < 4.78 is 25.7. The molecule has 2 aromatic rings. The lowest BCUT2D eigenvalue weighted by Crippen LogP contribution is -2.09. The van der Waals surface area contributed by atoms with Crippen molar-refractivity contribution in [1.82, 2.24) is 0 Å². The van der Waals surface area contributed by atoms with Gasteiger partial charge in [-0.15, -0.1) is 0 Å². The van der Waals surface area contributed by atoms with E-state index in [2.05, 4.69) is 0 Å². The fraction of sp³-hybridized carbons (Fsp3) is 0.0667. The molecule has 0 fully saturated rings. The monoisotopic (exact) mass is 276 g/mol. The van der Waals surface area contributed by atoms with Crippen molar-refractivity contribution in [1.29, 1.82) is 0 Å². The Bertz CT molecular complexity index is 663. The topological polar surface area (TPSA) is 54.4 Å². The Labute approximate surface area is 113 Å². The minimum Gasteiger partial charge on any atom is -0.507 e. The summed E-state index contributed by atoms with van der Waals surface area (Å²) in [6.45, 7) is 0. The summed E-state index contributed by atoms with van der Waals surface area (Å²) in [5.74, 6) is -2.78. The highest BCUT2D eigenvalue weighted by Crippen LogP contribution is 2.20. The Kier molecular flexibility index (Phi) is 3.89. The van der Waals surface area contributed by atoms with Gasteiger partial charge in [-0.25, -0.2) is 8.78 Å². The Morgan fingerprint density at radius 2 is 1.50 bits per heavy atom. The van der Waals surface area contributed by atoms with Gasteiger partial charge in [-0.1, -0.05) is 0 Å². The summed E-state index contributed by atoms with van der Waals surface area (Å²) in [6, 6.07) is 7.66. The maximum atomic E-state index is 13.0. The van der Waals surface area contributed by atoms with Crippen molar-refractivity contribution in [2.75, 3.05) is 0 Å². The van der Waals surface area contributed by atoms with Crippen LogP contribution in [0.15, 0.2) is 42.5 Å². The van der Waals surface area contributed by atoms with Crippen LogP contribution in [0.4, 0.5) is 8.78 Å².